The molecule has 0 aliphatic carbocycles. The highest BCUT2D eigenvalue weighted by Gasteiger charge is 2.08. The average Bonchev–Trinajstić information content (AvgIpc) is 1.99. The summed E-state index contributed by atoms with van der Waals surface area (Å²) < 4.78 is 9.58. The number of halogens is 1. The predicted octanol–water partition coefficient (Wildman–Crippen LogP) is 2.58. The molecule has 1 unspecified atom stereocenters. The molecule has 0 N–H and O–H groups in total. The second kappa shape index (κ2) is 6.29. The zero-order valence-electron chi connectivity index (χ0n) is 7.67. The van der Waals surface area contributed by atoms with Crippen LogP contribution in [-0.4, -0.2) is 24.2 Å². The summed E-state index contributed by atoms with van der Waals surface area (Å²) in [7, 11) is 0. The van der Waals surface area contributed by atoms with E-state index in [9.17, 15) is 4.79 Å². The van der Waals surface area contributed by atoms with Crippen molar-refractivity contribution in [3.8, 4) is 0 Å². The number of ether oxygens (including phenoxy) is 2. The van der Waals surface area contributed by atoms with E-state index in [1.54, 1.807) is 13.8 Å². The van der Waals surface area contributed by atoms with Gasteiger partial charge in [0.25, 0.3) is 0 Å². The minimum atomic E-state index is -0.585. The van der Waals surface area contributed by atoms with Crippen LogP contribution in [0.2, 0.25) is 0 Å². The maximum absolute atomic E-state index is 10.8. The minimum Gasteiger partial charge on any atom is -0.434 e. The van der Waals surface area contributed by atoms with Gasteiger partial charge in [-0.15, -0.1) is 0 Å². The number of rotatable bonds is 4. The van der Waals surface area contributed by atoms with Crippen LogP contribution in [0.1, 0.15) is 20.8 Å². The van der Waals surface area contributed by atoms with Gasteiger partial charge in [0, 0.05) is 11.2 Å². The molecule has 0 rings (SSSR count). The summed E-state index contributed by atoms with van der Waals surface area (Å²) in [5.74, 6) is 0.324. The summed E-state index contributed by atoms with van der Waals surface area (Å²) in [5, 5.41) is 0.821. The fourth-order valence-electron chi connectivity index (χ4n) is 0.481. The molecule has 0 saturated carbocycles. The number of alkyl halides is 1. The standard InChI is InChI=1S/C8H15BrO3/c1-6(2)12-8(10)11-5-7(3)4-9/h6-7H,4-5H2,1-3H3. The first-order valence-electron chi connectivity index (χ1n) is 3.95. The van der Waals surface area contributed by atoms with Crippen LogP contribution in [0.4, 0.5) is 4.79 Å². The zero-order valence-corrected chi connectivity index (χ0v) is 9.26. The van der Waals surface area contributed by atoms with Crippen LogP contribution in [0.25, 0.3) is 0 Å². The number of hydrogen-bond acceptors (Lipinski definition) is 3. The van der Waals surface area contributed by atoms with E-state index in [0.717, 1.165) is 5.33 Å². The van der Waals surface area contributed by atoms with E-state index in [4.69, 9.17) is 9.47 Å². The van der Waals surface area contributed by atoms with E-state index >= 15 is 0 Å². The van der Waals surface area contributed by atoms with Gasteiger partial charge >= 0.3 is 6.16 Å². The number of carbonyl (C=O) groups is 1. The van der Waals surface area contributed by atoms with Crippen molar-refractivity contribution in [3.63, 3.8) is 0 Å². The fourth-order valence-corrected chi connectivity index (χ4v) is 0.668. The lowest BCUT2D eigenvalue weighted by Crippen LogP contribution is -2.17. The molecular formula is C8H15BrO3. The molecule has 0 spiro atoms. The third-order valence-electron chi connectivity index (χ3n) is 1.08. The van der Waals surface area contributed by atoms with E-state index in [2.05, 4.69) is 15.9 Å². The van der Waals surface area contributed by atoms with E-state index in [-0.39, 0.29) is 6.10 Å². The van der Waals surface area contributed by atoms with Gasteiger partial charge in [0.1, 0.15) is 0 Å². The van der Waals surface area contributed by atoms with Crippen molar-refractivity contribution in [2.75, 3.05) is 11.9 Å². The number of hydrogen-bond donors (Lipinski definition) is 0. The summed E-state index contributed by atoms with van der Waals surface area (Å²) in [4.78, 5) is 10.8. The second-order valence-electron chi connectivity index (χ2n) is 2.99. The SMILES string of the molecule is CC(CBr)COC(=O)OC(C)C. The van der Waals surface area contributed by atoms with Crippen molar-refractivity contribution >= 4 is 22.1 Å². The quantitative estimate of drug-likeness (QED) is 0.558. The highest BCUT2D eigenvalue weighted by molar-refractivity contribution is 9.09. The van der Waals surface area contributed by atoms with Crippen LogP contribution in [-0.2, 0) is 9.47 Å². The second-order valence-corrected chi connectivity index (χ2v) is 3.63. The molecule has 12 heavy (non-hydrogen) atoms. The van der Waals surface area contributed by atoms with Gasteiger partial charge in [0.2, 0.25) is 0 Å². The van der Waals surface area contributed by atoms with Crippen molar-refractivity contribution < 1.29 is 14.3 Å². The maximum atomic E-state index is 10.8. The highest BCUT2D eigenvalue weighted by atomic mass is 79.9. The van der Waals surface area contributed by atoms with Crippen LogP contribution in [0.5, 0.6) is 0 Å². The van der Waals surface area contributed by atoms with Gasteiger partial charge in [-0.1, -0.05) is 22.9 Å². The molecule has 0 fully saturated rings. The van der Waals surface area contributed by atoms with Crippen molar-refractivity contribution in [2.24, 2.45) is 5.92 Å². The summed E-state index contributed by atoms with van der Waals surface area (Å²) >= 11 is 3.28. The molecule has 0 saturated heterocycles. The molecule has 0 amide bonds. The van der Waals surface area contributed by atoms with Crippen LogP contribution in [0.3, 0.4) is 0 Å². The van der Waals surface area contributed by atoms with Crippen LogP contribution < -0.4 is 0 Å². The van der Waals surface area contributed by atoms with E-state index in [1.807, 2.05) is 6.92 Å². The third-order valence-corrected chi connectivity index (χ3v) is 2.19. The first-order chi connectivity index (χ1) is 5.56. The fraction of sp³-hybridized carbons (Fsp3) is 0.875. The van der Waals surface area contributed by atoms with E-state index in [0.29, 0.717) is 12.5 Å². The predicted molar refractivity (Wildman–Crippen MR) is 50.5 cm³/mol. The van der Waals surface area contributed by atoms with E-state index < -0.39 is 6.16 Å². The van der Waals surface area contributed by atoms with Crippen LogP contribution >= 0.6 is 15.9 Å². The Balaban J connectivity index is 3.44. The molecule has 4 heteroatoms. The summed E-state index contributed by atoms with van der Waals surface area (Å²) in [5.41, 5.74) is 0. The molecule has 0 aromatic heterocycles. The Labute approximate surface area is 81.6 Å². The summed E-state index contributed by atoms with van der Waals surface area (Å²) in [6.45, 7) is 5.96. The largest absolute Gasteiger partial charge is 0.508 e. The molecule has 0 aliphatic rings. The highest BCUT2D eigenvalue weighted by Crippen LogP contribution is 2.01. The van der Waals surface area contributed by atoms with Crippen molar-refractivity contribution in [3.05, 3.63) is 0 Å². The molecule has 1 atom stereocenters. The van der Waals surface area contributed by atoms with Gasteiger partial charge in [0.15, 0.2) is 0 Å². The Hall–Kier alpha value is -0.250. The van der Waals surface area contributed by atoms with Gasteiger partial charge in [-0.2, -0.15) is 0 Å². The molecule has 72 valence electrons. The molecule has 0 radical (unpaired) electrons. The molecular weight excluding hydrogens is 224 g/mol. The Kier molecular flexibility index (Phi) is 6.16. The third kappa shape index (κ3) is 6.46. The maximum Gasteiger partial charge on any atom is 0.508 e. The topological polar surface area (TPSA) is 35.5 Å². The first-order valence-corrected chi connectivity index (χ1v) is 5.07. The lowest BCUT2D eigenvalue weighted by Gasteiger charge is -2.10. The Morgan fingerprint density at radius 3 is 2.42 bits per heavy atom. The Morgan fingerprint density at radius 1 is 1.42 bits per heavy atom. The van der Waals surface area contributed by atoms with Gasteiger partial charge in [0.05, 0.1) is 12.7 Å². The van der Waals surface area contributed by atoms with Gasteiger partial charge in [-0.05, 0) is 13.8 Å². The normalized spacial score (nSPS) is 12.8. The Morgan fingerprint density at radius 2 is 2.00 bits per heavy atom. The minimum absolute atomic E-state index is 0.114. The van der Waals surface area contributed by atoms with Crippen molar-refractivity contribution in [1.82, 2.24) is 0 Å². The first kappa shape index (κ1) is 11.8. The molecule has 0 bridgehead atoms. The zero-order chi connectivity index (χ0) is 9.56. The smallest absolute Gasteiger partial charge is 0.434 e. The van der Waals surface area contributed by atoms with Gasteiger partial charge < -0.3 is 9.47 Å². The van der Waals surface area contributed by atoms with Gasteiger partial charge in [-0.25, -0.2) is 4.79 Å². The number of carbonyl (C=O) groups excluding carboxylic acids is 1. The van der Waals surface area contributed by atoms with Crippen molar-refractivity contribution in [1.29, 1.82) is 0 Å². The van der Waals surface area contributed by atoms with E-state index in [1.165, 1.54) is 0 Å². The monoisotopic (exact) mass is 238 g/mol. The molecule has 3 nitrogen and oxygen atoms in total. The molecule has 0 aliphatic heterocycles. The van der Waals surface area contributed by atoms with Crippen LogP contribution in [0.15, 0.2) is 0 Å². The summed E-state index contributed by atoms with van der Waals surface area (Å²) in [6.07, 6.45) is -0.699. The molecule has 0 aromatic rings. The van der Waals surface area contributed by atoms with Gasteiger partial charge in [-0.3, -0.25) is 0 Å². The Bertz CT molecular complexity index is 136. The average molecular weight is 239 g/mol. The molecule has 0 heterocycles. The lowest BCUT2D eigenvalue weighted by atomic mass is 10.2. The molecule has 0 aromatic carbocycles. The summed E-state index contributed by atoms with van der Waals surface area (Å²) in [6, 6.07) is 0. The van der Waals surface area contributed by atoms with Crippen LogP contribution in [0, 0.1) is 5.92 Å². The van der Waals surface area contributed by atoms with Crippen molar-refractivity contribution in [2.45, 2.75) is 26.9 Å². The lowest BCUT2D eigenvalue weighted by molar-refractivity contribution is 0.0286.